The third-order valence-electron chi connectivity index (χ3n) is 0.946. The molecular weight excluding hydrogens is 195 g/mol. The Labute approximate surface area is 75.7 Å². The van der Waals surface area contributed by atoms with Gasteiger partial charge in [-0.1, -0.05) is 0 Å². The van der Waals surface area contributed by atoms with Gasteiger partial charge in [-0.05, 0) is 12.1 Å². The van der Waals surface area contributed by atoms with Gasteiger partial charge in [0.2, 0.25) is 5.91 Å². The molecule has 0 aliphatic carbocycles. The summed E-state index contributed by atoms with van der Waals surface area (Å²) in [6.45, 7) is 0. The second-order valence-electron chi connectivity index (χ2n) is 1.87. The molecule has 0 atom stereocenters. The molecule has 0 radical (unpaired) electrons. The van der Waals surface area contributed by atoms with Crippen LogP contribution in [0.3, 0.4) is 0 Å². The number of hydrogen-bond donors (Lipinski definition) is 4. The van der Waals surface area contributed by atoms with Gasteiger partial charge >= 0.3 is 8.60 Å². The van der Waals surface area contributed by atoms with E-state index in [2.05, 4.69) is 4.98 Å². The minimum absolute atomic E-state index is 0.442. The first-order valence-electron chi connectivity index (χ1n) is 3.10. The molecule has 13 heavy (non-hydrogen) atoms. The molecule has 0 aromatic carbocycles. The third-order valence-corrected chi connectivity index (χ3v) is 0.946. The summed E-state index contributed by atoms with van der Waals surface area (Å²) >= 11 is 0. The molecule has 0 saturated heterocycles. The lowest BCUT2D eigenvalue weighted by Crippen LogP contribution is -2.10. The predicted molar refractivity (Wildman–Crippen MR) is 46.3 cm³/mol. The Morgan fingerprint density at radius 3 is 2.23 bits per heavy atom. The molecule has 72 valence electrons. The van der Waals surface area contributed by atoms with E-state index in [0.29, 0.717) is 5.56 Å². The molecule has 0 saturated carbocycles. The van der Waals surface area contributed by atoms with Crippen molar-refractivity contribution in [2.75, 3.05) is 0 Å². The molecule has 1 rings (SSSR count). The number of nitrogens with two attached hydrogens (primary N) is 1. The summed E-state index contributed by atoms with van der Waals surface area (Å²) in [4.78, 5) is 35.8. The Hall–Kier alpha value is -1.07. The lowest BCUT2D eigenvalue weighted by Gasteiger charge is -1.88. The fourth-order valence-electron chi connectivity index (χ4n) is 0.509. The molecule has 6 nitrogen and oxygen atoms in total. The summed E-state index contributed by atoms with van der Waals surface area (Å²) in [6, 6.07) is 3.29. The number of hydrogen-bond acceptors (Lipinski definition) is 5. The summed E-state index contributed by atoms with van der Waals surface area (Å²) in [6.07, 6.45) is 3.02. The summed E-state index contributed by atoms with van der Waals surface area (Å²) in [5.41, 5.74) is 5.38. The minimum Gasteiger partial charge on any atom is -0.366 e. The van der Waals surface area contributed by atoms with Gasteiger partial charge in [0.1, 0.15) is 0 Å². The van der Waals surface area contributed by atoms with Crippen molar-refractivity contribution in [3.63, 3.8) is 0 Å². The molecule has 1 aromatic heterocycles. The number of nitrogens with zero attached hydrogens (tertiary/aromatic N) is 1. The van der Waals surface area contributed by atoms with Crippen molar-refractivity contribution in [2.24, 2.45) is 5.73 Å². The van der Waals surface area contributed by atoms with E-state index in [1.165, 1.54) is 6.20 Å². The van der Waals surface area contributed by atoms with E-state index in [9.17, 15) is 4.79 Å². The smallest absolute Gasteiger partial charge is 0.324 e. The molecule has 0 aliphatic rings. The van der Waals surface area contributed by atoms with Crippen molar-refractivity contribution in [1.82, 2.24) is 4.98 Å². The molecule has 7 heteroatoms. The maximum Gasteiger partial charge on any atom is 0.324 e. The zero-order valence-electron chi connectivity index (χ0n) is 6.53. The molecule has 0 bridgehead atoms. The highest BCUT2D eigenvalue weighted by molar-refractivity contribution is 7.38. The highest BCUT2D eigenvalue weighted by Crippen LogP contribution is 2.11. The van der Waals surface area contributed by atoms with Crippen LogP contribution in [0.5, 0.6) is 0 Å². The van der Waals surface area contributed by atoms with Crippen LogP contribution in [0.2, 0.25) is 0 Å². The van der Waals surface area contributed by atoms with E-state index in [1.807, 2.05) is 0 Å². The Kier molecular flexibility index (Phi) is 5.92. The minimum atomic E-state index is -2.62. The number of carbonyl (C=O) groups excluding carboxylic acids is 1. The Bertz CT molecular complexity index is 251. The standard InChI is InChI=1S/C6H6N2O.H3O3P/c7-6(9)5-2-1-3-8-4-5;1-4(2)3/h1-4H,(H2,7,9);1-3H. The number of primary amides is 1. The van der Waals surface area contributed by atoms with Gasteiger partial charge in [0.15, 0.2) is 0 Å². The summed E-state index contributed by atoms with van der Waals surface area (Å²) < 4.78 is 0. The molecule has 0 spiro atoms. The predicted octanol–water partition coefficient (Wildman–Crippen LogP) is -0.629. The van der Waals surface area contributed by atoms with Crippen molar-refractivity contribution in [3.05, 3.63) is 30.1 Å². The van der Waals surface area contributed by atoms with Crippen LogP contribution < -0.4 is 5.73 Å². The molecule has 0 fully saturated rings. The van der Waals surface area contributed by atoms with Crippen molar-refractivity contribution >= 4 is 14.5 Å². The zero-order valence-corrected chi connectivity index (χ0v) is 7.43. The number of pyridine rings is 1. The van der Waals surface area contributed by atoms with E-state index in [1.54, 1.807) is 18.3 Å². The summed E-state index contributed by atoms with van der Waals surface area (Å²) in [5.74, 6) is -0.442. The average molecular weight is 204 g/mol. The molecule has 1 amide bonds. The maximum absolute atomic E-state index is 10.4. The second-order valence-corrected chi connectivity index (χ2v) is 2.41. The summed E-state index contributed by atoms with van der Waals surface area (Å²) in [7, 11) is -2.62. The lowest BCUT2D eigenvalue weighted by atomic mass is 10.3. The highest BCUT2D eigenvalue weighted by Gasteiger charge is 1.94. The number of aromatic nitrogens is 1. The molecule has 1 aromatic rings. The van der Waals surface area contributed by atoms with Crippen molar-refractivity contribution in [3.8, 4) is 0 Å². The van der Waals surface area contributed by atoms with Crippen LogP contribution in [0.1, 0.15) is 10.4 Å². The monoisotopic (exact) mass is 204 g/mol. The Morgan fingerprint density at radius 1 is 1.46 bits per heavy atom. The van der Waals surface area contributed by atoms with Crippen molar-refractivity contribution in [2.45, 2.75) is 0 Å². The lowest BCUT2D eigenvalue weighted by molar-refractivity contribution is 0.1000. The molecular formula is C6H9N2O4P. The van der Waals surface area contributed by atoms with E-state index >= 15 is 0 Å². The van der Waals surface area contributed by atoms with Crippen LogP contribution in [0.15, 0.2) is 24.5 Å². The van der Waals surface area contributed by atoms with Gasteiger partial charge < -0.3 is 20.4 Å². The molecule has 1 heterocycles. The maximum atomic E-state index is 10.4. The first-order chi connectivity index (χ1) is 6.04. The van der Waals surface area contributed by atoms with Gasteiger partial charge in [0, 0.05) is 12.4 Å². The highest BCUT2D eigenvalue weighted by atomic mass is 31.2. The Morgan fingerprint density at radius 2 is 2.00 bits per heavy atom. The zero-order chi connectivity index (χ0) is 10.3. The number of carbonyl (C=O) groups is 1. The van der Waals surface area contributed by atoms with Crippen LogP contribution in [0, 0.1) is 0 Å². The topological polar surface area (TPSA) is 117 Å². The SMILES string of the molecule is NC(=O)c1cccnc1.OP(O)O. The van der Waals surface area contributed by atoms with E-state index in [4.69, 9.17) is 20.4 Å². The van der Waals surface area contributed by atoms with Gasteiger partial charge in [-0.3, -0.25) is 9.78 Å². The van der Waals surface area contributed by atoms with Gasteiger partial charge in [0.25, 0.3) is 0 Å². The van der Waals surface area contributed by atoms with Crippen molar-refractivity contribution in [1.29, 1.82) is 0 Å². The molecule has 5 N–H and O–H groups in total. The first kappa shape index (κ1) is 11.9. The van der Waals surface area contributed by atoms with Crippen LogP contribution in [0.4, 0.5) is 0 Å². The van der Waals surface area contributed by atoms with E-state index in [-0.39, 0.29) is 0 Å². The van der Waals surface area contributed by atoms with Crippen LogP contribution in [-0.2, 0) is 0 Å². The first-order valence-corrected chi connectivity index (χ1v) is 4.30. The van der Waals surface area contributed by atoms with Gasteiger partial charge in [-0.25, -0.2) is 0 Å². The molecule has 0 aliphatic heterocycles. The fourth-order valence-corrected chi connectivity index (χ4v) is 0.509. The van der Waals surface area contributed by atoms with Crippen molar-refractivity contribution < 1.29 is 19.5 Å². The van der Waals surface area contributed by atoms with Gasteiger partial charge in [-0.2, -0.15) is 0 Å². The second kappa shape index (κ2) is 6.45. The third kappa shape index (κ3) is 7.30. The normalized spacial score (nSPS) is 8.92. The fraction of sp³-hybridized carbons (Fsp3) is 0. The van der Waals surface area contributed by atoms with Crippen LogP contribution >= 0.6 is 8.60 Å². The van der Waals surface area contributed by atoms with Crippen LogP contribution in [-0.4, -0.2) is 25.6 Å². The quantitative estimate of drug-likeness (QED) is 0.454. The van der Waals surface area contributed by atoms with Gasteiger partial charge in [-0.15, -0.1) is 0 Å². The number of amides is 1. The van der Waals surface area contributed by atoms with Crippen LogP contribution in [0.25, 0.3) is 0 Å². The largest absolute Gasteiger partial charge is 0.366 e. The average Bonchev–Trinajstić information content (AvgIpc) is 2.05. The summed E-state index contributed by atoms with van der Waals surface area (Å²) in [5, 5.41) is 0. The number of rotatable bonds is 1. The molecule has 0 unspecified atom stereocenters. The van der Waals surface area contributed by atoms with Gasteiger partial charge in [0.05, 0.1) is 5.56 Å². The van der Waals surface area contributed by atoms with E-state index < -0.39 is 14.5 Å². The van der Waals surface area contributed by atoms with E-state index in [0.717, 1.165) is 0 Å². The Balaban J connectivity index is 0.000000310.